The number of carbonyl (C=O) groups excluding carboxylic acids is 1. The van der Waals surface area contributed by atoms with E-state index in [2.05, 4.69) is 10.3 Å². The van der Waals surface area contributed by atoms with E-state index < -0.39 is 15.9 Å². The summed E-state index contributed by atoms with van der Waals surface area (Å²) in [7, 11) is -2.37. The molecule has 8 heteroatoms. The Hall–Kier alpha value is -2.45. The SMILES string of the molecule is CC[C@@H](NC(=O)c1ccnc(S(N)(=O)=O)c1)c1ccc(OC)cc1. The number of nitrogens with two attached hydrogens (primary N) is 1. The van der Waals surface area contributed by atoms with Crippen LogP contribution >= 0.6 is 0 Å². The third kappa shape index (κ3) is 4.30. The van der Waals surface area contributed by atoms with Crippen LogP contribution < -0.4 is 15.2 Å². The highest BCUT2D eigenvalue weighted by Crippen LogP contribution is 2.20. The highest BCUT2D eigenvalue weighted by molar-refractivity contribution is 7.89. The first-order valence-corrected chi connectivity index (χ1v) is 8.83. The van der Waals surface area contributed by atoms with Crippen LogP contribution in [-0.4, -0.2) is 26.4 Å². The number of pyridine rings is 1. The topological polar surface area (TPSA) is 111 Å². The first-order valence-electron chi connectivity index (χ1n) is 7.28. The van der Waals surface area contributed by atoms with E-state index >= 15 is 0 Å². The van der Waals surface area contributed by atoms with Gasteiger partial charge >= 0.3 is 0 Å². The van der Waals surface area contributed by atoms with Crippen LogP contribution in [0.5, 0.6) is 5.75 Å². The van der Waals surface area contributed by atoms with Crippen LogP contribution in [0.1, 0.15) is 35.3 Å². The van der Waals surface area contributed by atoms with Gasteiger partial charge in [-0.25, -0.2) is 18.5 Å². The van der Waals surface area contributed by atoms with Crippen LogP contribution in [0.15, 0.2) is 47.6 Å². The Morgan fingerprint density at radius 1 is 1.29 bits per heavy atom. The number of nitrogens with one attached hydrogen (secondary N) is 1. The summed E-state index contributed by atoms with van der Waals surface area (Å²) in [6, 6.07) is 9.75. The standard InChI is InChI=1S/C16H19N3O4S/c1-3-14(11-4-6-13(23-2)7-5-11)19-16(20)12-8-9-18-15(10-12)24(17,21)22/h4-10,14H,3H2,1-2H3,(H,19,20)(H2,17,21,22)/t14-/m1/s1. The van der Waals surface area contributed by atoms with Crippen molar-refractivity contribution in [1.29, 1.82) is 0 Å². The first-order chi connectivity index (χ1) is 11.3. The number of ether oxygens (including phenoxy) is 1. The molecule has 2 aromatic rings. The third-order valence-corrected chi connectivity index (χ3v) is 4.33. The van der Waals surface area contributed by atoms with Crippen molar-refractivity contribution in [1.82, 2.24) is 10.3 Å². The number of aromatic nitrogens is 1. The van der Waals surface area contributed by atoms with Crippen molar-refractivity contribution in [2.24, 2.45) is 5.14 Å². The van der Waals surface area contributed by atoms with E-state index in [4.69, 9.17) is 9.88 Å². The largest absolute Gasteiger partial charge is 0.497 e. The summed E-state index contributed by atoms with van der Waals surface area (Å²) in [6.07, 6.45) is 1.91. The minimum Gasteiger partial charge on any atom is -0.497 e. The number of carbonyl (C=O) groups is 1. The molecule has 3 N–H and O–H groups in total. The monoisotopic (exact) mass is 349 g/mol. The quantitative estimate of drug-likeness (QED) is 0.823. The highest BCUT2D eigenvalue weighted by atomic mass is 32.2. The maximum Gasteiger partial charge on any atom is 0.255 e. The summed E-state index contributed by atoms with van der Waals surface area (Å²) in [5.74, 6) is 0.330. The summed E-state index contributed by atoms with van der Waals surface area (Å²) in [6.45, 7) is 1.94. The van der Waals surface area contributed by atoms with Gasteiger partial charge in [-0.15, -0.1) is 0 Å². The van der Waals surface area contributed by atoms with Crippen LogP contribution in [0.3, 0.4) is 0 Å². The van der Waals surface area contributed by atoms with Crippen LogP contribution in [0.4, 0.5) is 0 Å². The molecule has 0 spiro atoms. The van der Waals surface area contributed by atoms with Gasteiger partial charge in [0.1, 0.15) is 5.75 Å². The van der Waals surface area contributed by atoms with Gasteiger partial charge in [-0.3, -0.25) is 4.79 Å². The molecule has 0 unspecified atom stereocenters. The minimum absolute atomic E-state index is 0.181. The second kappa shape index (κ2) is 7.41. The maximum absolute atomic E-state index is 12.4. The average Bonchev–Trinajstić information content (AvgIpc) is 2.59. The van der Waals surface area contributed by atoms with Gasteiger partial charge in [0.15, 0.2) is 5.03 Å². The van der Waals surface area contributed by atoms with E-state index in [1.165, 1.54) is 12.3 Å². The number of hydrogen-bond donors (Lipinski definition) is 2. The Labute approximate surface area is 140 Å². The van der Waals surface area contributed by atoms with E-state index in [9.17, 15) is 13.2 Å². The number of benzene rings is 1. The lowest BCUT2D eigenvalue weighted by Crippen LogP contribution is -2.28. The van der Waals surface area contributed by atoms with Crippen molar-refractivity contribution in [3.63, 3.8) is 0 Å². The summed E-state index contributed by atoms with van der Waals surface area (Å²) < 4.78 is 27.8. The normalized spacial score (nSPS) is 12.5. The Bertz CT molecular complexity index is 819. The second-order valence-corrected chi connectivity index (χ2v) is 6.64. The van der Waals surface area contributed by atoms with Crippen LogP contribution in [-0.2, 0) is 10.0 Å². The highest BCUT2D eigenvalue weighted by Gasteiger charge is 2.17. The number of primary sulfonamides is 1. The number of sulfonamides is 1. The van der Waals surface area contributed by atoms with E-state index in [1.54, 1.807) is 7.11 Å². The second-order valence-electron chi connectivity index (χ2n) is 5.14. The van der Waals surface area contributed by atoms with E-state index in [0.717, 1.165) is 17.4 Å². The van der Waals surface area contributed by atoms with Gasteiger partial charge in [0, 0.05) is 11.8 Å². The fourth-order valence-electron chi connectivity index (χ4n) is 2.21. The number of methoxy groups -OCH3 is 1. The average molecular weight is 349 g/mol. The van der Waals surface area contributed by atoms with Crippen molar-refractivity contribution in [2.45, 2.75) is 24.4 Å². The lowest BCUT2D eigenvalue weighted by atomic mass is 10.0. The molecule has 0 aliphatic heterocycles. The van der Waals surface area contributed by atoms with Gasteiger partial charge in [0.05, 0.1) is 13.2 Å². The summed E-state index contributed by atoms with van der Waals surface area (Å²) in [4.78, 5) is 16.1. The molecule has 1 amide bonds. The Balaban J connectivity index is 2.20. The van der Waals surface area contributed by atoms with Gasteiger partial charge in [-0.2, -0.15) is 0 Å². The fraction of sp³-hybridized carbons (Fsp3) is 0.250. The molecule has 1 aromatic carbocycles. The fourth-order valence-corrected chi connectivity index (χ4v) is 2.70. The lowest BCUT2D eigenvalue weighted by Gasteiger charge is -2.18. The molecule has 1 atom stereocenters. The molecule has 0 saturated carbocycles. The number of nitrogens with zero attached hydrogens (tertiary/aromatic N) is 1. The van der Waals surface area contributed by atoms with Crippen molar-refractivity contribution < 1.29 is 17.9 Å². The zero-order valence-electron chi connectivity index (χ0n) is 13.4. The third-order valence-electron chi connectivity index (χ3n) is 3.52. The minimum atomic E-state index is -3.96. The molecule has 24 heavy (non-hydrogen) atoms. The molecular weight excluding hydrogens is 330 g/mol. The van der Waals surface area contributed by atoms with Gasteiger partial charge in [-0.05, 0) is 36.2 Å². The summed E-state index contributed by atoms with van der Waals surface area (Å²) in [5.41, 5.74) is 1.10. The van der Waals surface area contributed by atoms with E-state index in [-0.39, 0.29) is 16.6 Å². The predicted octanol–water partition coefficient (Wildman–Crippen LogP) is 1.62. The molecule has 128 valence electrons. The zero-order chi connectivity index (χ0) is 17.7. The van der Waals surface area contributed by atoms with Gasteiger partial charge in [0.25, 0.3) is 15.9 Å². The molecule has 0 fully saturated rings. The Morgan fingerprint density at radius 3 is 2.50 bits per heavy atom. The Morgan fingerprint density at radius 2 is 1.96 bits per heavy atom. The Kier molecular flexibility index (Phi) is 5.53. The lowest BCUT2D eigenvalue weighted by molar-refractivity contribution is 0.0935. The number of hydrogen-bond acceptors (Lipinski definition) is 5. The molecule has 7 nitrogen and oxygen atoms in total. The number of rotatable bonds is 6. The van der Waals surface area contributed by atoms with Crippen molar-refractivity contribution >= 4 is 15.9 Å². The van der Waals surface area contributed by atoms with Crippen LogP contribution in [0, 0.1) is 0 Å². The maximum atomic E-state index is 12.4. The molecular formula is C16H19N3O4S. The van der Waals surface area contributed by atoms with E-state index in [0.29, 0.717) is 6.42 Å². The first kappa shape index (κ1) is 17.9. The summed E-state index contributed by atoms with van der Waals surface area (Å²) >= 11 is 0. The molecule has 0 radical (unpaired) electrons. The molecule has 1 aromatic heterocycles. The molecule has 0 bridgehead atoms. The number of amides is 1. The van der Waals surface area contributed by atoms with Crippen LogP contribution in [0.25, 0.3) is 0 Å². The van der Waals surface area contributed by atoms with Crippen LogP contribution in [0.2, 0.25) is 0 Å². The van der Waals surface area contributed by atoms with E-state index in [1.807, 2.05) is 31.2 Å². The predicted molar refractivity (Wildman–Crippen MR) is 89.1 cm³/mol. The van der Waals surface area contributed by atoms with Gasteiger partial charge in [0.2, 0.25) is 0 Å². The van der Waals surface area contributed by atoms with Crippen molar-refractivity contribution in [2.75, 3.05) is 7.11 Å². The molecule has 2 rings (SSSR count). The molecule has 0 aliphatic carbocycles. The van der Waals surface area contributed by atoms with Gasteiger partial charge in [-0.1, -0.05) is 19.1 Å². The summed E-state index contributed by atoms with van der Waals surface area (Å²) in [5, 5.41) is 7.57. The molecule has 0 saturated heterocycles. The molecule has 1 heterocycles. The van der Waals surface area contributed by atoms with Gasteiger partial charge < -0.3 is 10.1 Å². The van der Waals surface area contributed by atoms with Crippen molar-refractivity contribution in [3.8, 4) is 5.75 Å². The van der Waals surface area contributed by atoms with Crippen molar-refractivity contribution in [3.05, 3.63) is 53.7 Å². The molecule has 0 aliphatic rings. The smallest absolute Gasteiger partial charge is 0.255 e. The zero-order valence-corrected chi connectivity index (χ0v) is 14.2.